The van der Waals surface area contributed by atoms with Crippen molar-refractivity contribution in [3.8, 4) is 0 Å². The highest BCUT2D eigenvalue weighted by Crippen LogP contribution is 2.26. The van der Waals surface area contributed by atoms with Crippen molar-refractivity contribution in [1.29, 1.82) is 0 Å². The molecule has 1 aliphatic rings. The maximum Gasteiger partial charge on any atom is 0.243 e. The Hall–Kier alpha value is -1.22. The zero-order valence-electron chi connectivity index (χ0n) is 12.5. The summed E-state index contributed by atoms with van der Waals surface area (Å²) >= 11 is 5.65. The van der Waals surface area contributed by atoms with E-state index in [0.717, 1.165) is 12.1 Å². The van der Waals surface area contributed by atoms with E-state index in [1.807, 2.05) is 0 Å². The van der Waals surface area contributed by atoms with Gasteiger partial charge in [0.2, 0.25) is 15.9 Å². The summed E-state index contributed by atoms with van der Waals surface area (Å²) < 4.78 is 39.5. The van der Waals surface area contributed by atoms with E-state index in [1.165, 1.54) is 10.4 Å². The van der Waals surface area contributed by atoms with Crippen molar-refractivity contribution in [3.05, 3.63) is 29.0 Å². The second-order valence-electron chi connectivity index (χ2n) is 5.33. The molecule has 1 saturated heterocycles. The molecule has 0 bridgehead atoms. The number of carbonyl (C=O) groups excluding carboxylic acids is 1. The Labute approximate surface area is 139 Å². The summed E-state index contributed by atoms with van der Waals surface area (Å²) in [6.07, 6.45) is 0.870. The van der Waals surface area contributed by atoms with E-state index in [-0.39, 0.29) is 34.8 Å². The van der Waals surface area contributed by atoms with Gasteiger partial charge in [-0.3, -0.25) is 4.79 Å². The summed E-state index contributed by atoms with van der Waals surface area (Å²) in [4.78, 5) is 11.8. The van der Waals surface area contributed by atoms with E-state index in [0.29, 0.717) is 25.9 Å². The quantitative estimate of drug-likeness (QED) is 0.814. The number of benzene rings is 1. The minimum Gasteiger partial charge on any atom is -0.355 e. The SMILES string of the molecule is NCCNC(=O)C1CCN(S(=O)(=O)c2ccc(F)c(Cl)c2)CC1. The fourth-order valence-electron chi connectivity index (χ4n) is 2.48. The molecule has 128 valence electrons. The highest BCUT2D eigenvalue weighted by atomic mass is 35.5. The summed E-state index contributed by atoms with van der Waals surface area (Å²) in [6, 6.07) is 3.32. The number of amides is 1. The summed E-state index contributed by atoms with van der Waals surface area (Å²) in [5.41, 5.74) is 5.33. The summed E-state index contributed by atoms with van der Waals surface area (Å²) in [5, 5.41) is 2.48. The number of sulfonamides is 1. The Bertz CT molecular complexity index is 676. The standard InChI is InChI=1S/C14H19ClFN3O3S/c15-12-9-11(1-2-13(12)16)23(21,22)19-7-3-10(4-8-19)14(20)18-6-5-17/h1-2,9-10H,3-8,17H2,(H,18,20). The minimum atomic E-state index is -3.74. The van der Waals surface area contributed by atoms with Crippen LogP contribution in [0.15, 0.2) is 23.1 Å². The summed E-state index contributed by atoms with van der Waals surface area (Å²) in [5.74, 6) is -0.983. The van der Waals surface area contributed by atoms with E-state index in [1.54, 1.807) is 0 Å². The Kier molecular flexibility index (Phi) is 5.96. The van der Waals surface area contributed by atoms with E-state index < -0.39 is 15.8 Å². The highest BCUT2D eigenvalue weighted by Gasteiger charge is 2.32. The van der Waals surface area contributed by atoms with Crippen LogP contribution in [0.1, 0.15) is 12.8 Å². The van der Waals surface area contributed by atoms with Gasteiger partial charge in [-0.1, -0.05) is 11.6 Å². The van der Waals surface area contributed by atoms with Gasteiger partial charge in [-0.15, -0.1) is 0 Å². The molecular weight excluding hydrogens is 345 g/mol. The highest BCUT2D eigenvalue weighted by molar-refractivity contribution is 7.89. The van der Waals surface area contributed by atoms with Crippen LogP contribution in [0.3, 0.4) is 0 Å². The zero-order valence-corrected chi connectivity index (χ0v) is 14.0. The molecule has 1 amide bonds. The van der Waals surface area contributed by atoms with E-state index in [9.17, 15) is 17.6 Å². The van der Waals surface area contributed by atoms with Crippen LogP contribution in [0.2, 0.25) is 5.02 Å². The van der Waals surface area contributed by atoms with Crippen molar-refractivity contribution < 1.29 is 17.6 Å². The largest absolute Gasteiger partial charge is 0.355 e. The molecule has 1 fully saturated rings. The molecule has 0 saturated carbocycles. The van der Waals surface area contributed by atoms with Crippen LogP contribution in [0, 0.1) is 11.7 Å². The second kappa shape index (κ2) is 7.57. The molecule has 1 aromatic rings. The van der Waals surface area contributed by atoms with Crippen LogP contribution >= 0.6 is 11.6 Å². The topological polar surface area (TPSA) is 92.5 Å². The molecule has 0 spiro atoms. The van der Waals surface area contributed by atoms with E-state index in [4.69, 9.17) is 17.3 Å². The van der Waals surface area contributed by atoms with Crippen molar-refractivity contribution in [2.75, 3.05) is 26.2 Å². The van der Waals surface area contributed by atoms with Gasteiger partial charge in [-0.05, 0) is 31.0 Å². The van der Waals surface area contributed by atoms with Crippen LogP contribution in [0.25, 0.3) is 0 Å². The molecule has 1 aliphatic heterocycles. The predicted octanol–water partition coefficient (Wildman–Crippen LogP) is 0.955. The van der Waals surface area contributed by atoms with Gasteiger partial charge in [-0.2, -0.15) is 4.31 Å². The lowest BCUT2D eigenvalue weighted by Gasteiger charge is -2.30. The molecule has 9 heteroatoms. The lowest BCUT2D eigenvalue weighted by atomic mass is 9.97. The molecule has 0 aromatic heterocycles. The molecule has 6 nitrogen and oxygen atoms in total. The Morgan fingerprint density at radius 3 is 2.61 bits per heavy atom. The second-order valence-corrected chi connectivity index (χ2v) is 7.68. The maximum absolute atomic E-state index is 13.2. The molecule has 2 rings (SSSR count). The first-order chi connectivity index (χ1) is 10.9. The van der Waals surface area contributed by atoms with Crippen LogP contribution in [0.4, 0.5) is 4.39 Å². The van der Waals surface area contributed by atoms with Crippen molar-refractivity contribution in [2.45, 2.75) is 17.7 Å². The van der Waals surface area contributed by atoms with Crippen molar-refractivity contribution in [2.24, 2.45) is 11.7 Å². The maximum atomic E-state index is 13.2. The van der Waals surface area contributed by atoms with Crippen LogP contribution in [-0.2, 0) is 14.8 Å². The van der Waals surface area contributed by atoms with E-state index >= 15 is 0 Å². The third kappa shape index (κ3) is 4.20. The molecule has 0 unspecified atom stereocenters. The van der Waals surface area contributed by atoms with Crippen LogP contribution < -0.4 is 11.1 Å². The molecular formula is C14H19ClFN3O3S. The molecule has 23 heavy (non-hydrogen) atoms. The molecule has 3 N–H and O–H groups in total. The Morgan fingerprint density at radius 1 is 1.39 bits per heavy atom. The van der Waals surface area contributed by atoms with Gasteiger partial charge >= 0.3 is 0 Å². The number of nitrogens with two attached hydrogens (primary N) is 1. The smallest absolute Gasteiger partial charge is 0.243 e. The molecule has 0 radical (unpaired) electrons. The Morgan fingerprint density at radius 2 is 2.04 bits per heavy atom. The molecule has 1 aromatic carbocycles. The van der Waals surface area contributed by atoms with Gasteiger partial charge in [0, 0.05) is 32.1 Å². The van der Waals surface area contributed by atoms with Gasteiger partial charge in [0.05, 0.1) is 9.92 Å². The lowest BCUT2D eigenvalue weighted by Crippen LogP contribution is -2.43. The minimum absolute atomic E-state index is 0.0464. The van der Waals surface area contributed by atoms with Gasteiger partial charge in [-0.25, -0.2) is 12.8 Å². The van der Waals surface area contributed by atoms with Crippen molar-refractivity contribution >= 4 is 27.5 Å². The van der Waals surface area contributed by atoms with Gasteiger partial charge in [0.15, 0.2) is 0 Å². The fraction of sp³-hybridized carbons (Fsp3) is 0.500. The van der Waals surface area contributed by atoms with Crippen molar-refractivity contribution in [3.63, 3.8) is 0 Å². The number of hydrogen-bond donors (Lipinski definition) is 2. The number of nitrogens with zero attached hydrogens (tertiary/aromatic N) is 1. The first kappa shape index (κ1) is 18.1. The Balaban J connectivity index is 2.03. The van der Waals surface area contributed by atoms with Gasteiger partial charge < -0.3 is 11.1 Å². The number of hydrogen-bond acceptors (Lipinski definition) is 4. The van der Waals surface area contributed by atoms with Crippen LogP contribution in [-0.4, -0.2) is 44.8 Å². The average molecular weight is 364 g/mol. The molecule has 0 aliphatic carbocycles. The monoisotopic (exact) mass is 363 g/mol. The van der Waals surface area contributed by atoms with Gasteiger partial charge in [0.25, 0.3) is 0 Å². The number of nitrogens with one attached hydrogen (secondary N) is 1. The van der Waals surface area contributed by atoms with E-state index in [2.05, 4.69) is 5.32 Å². The van der Waals surface area contributed by atoms with Crippen LogP contribution in [0.5, 0.6) is 0 Å². The number of halogens is 2. The molecule has 1 heterocycles. The lowest BCUT2D eigenvalue weighted by molar-refractivity contribution is -0.126. The normalized spacial score (nSPS) is 17.2. The third-order valence-electron chi connectivity index (χ3n) is 3.80. The predicted molar refractivity (Wildman–Crippen MR) is 85.0 cm³/mol. The number of piperidine rings is 1. The summed E-state index contributed by atoms with van der Waals surface area (Å²) in [6.45, 7) is 1.24. The fourth-order valence-corrected chi connectivity index (χ4v) is 4.23. The van der Waals surface area contributed by atoms with Gasteiger partial charge in [0.1, 0.15) is 5.82 Å². The summed E-state index contributed by atoms with van der Waals surface area (Å²) in [7, 11) is -3.74. The zero-order chi connectivity index (χ0) is 17.0. The average Bonchev–Trinajstić information content (AvgIpc) is 2.55. The number of carbonyl (C=O) groups is 1. The number of rotatable bonds is 5. The van der Waals surface area contributed by atoms with Crippen molar-refractivity contribution in [1.82, 2.24) is 9.62 Å². The first-order valence-corrected chi connectivity index (χ1v) is 9.11. The third-order valence-corrected chi connectivity index (χ3v) is 5.98. The first-order valence-electron chi connectivity index (χ1n) is 7.29. The molecule has 0 atom stereocenters.